The van der Waals surface area contributed by atoms with Crippen LogP contribution in [0.15, 0.2) is 18.2 Å². The zero-order valence-corrected chi connectivity index (χ0v) is 13.0. The molecule has 1 aromatic rings. The number of nitrogens with one attached hydrogen (secondary N) is 1. The molecule has 0 aliphatic heterocycles. The minimum absolute atomic E-state index is 0.0290. The number of alkyl halides is 1. The molecule has 0 saturated heterocycles. The third-order valence-corrected chi connectivity index (χ3v) is 3.36. The van der Waals surface area contributed by atoms with E-state index in [1.807, 2.05) is 37.2 Å². The van der Waals surface area contributed by atoms with Crippen LogP contribution < -0.4 is 10.2 Å². The summed E-state index contributed by atoms with van der Waals surface area (Å²) in [5.41, 5.74) is 1.60. The van der Waals surface area contributed by atoms with Gasteiger partial charge in [0.1, 0.15) is 0 Å². The highest BCUT2D eigenvalue weighted by Crippen LogP contribution is 2.32. The molecule has 1 aromatic carbocycles. The van der Waals surface area contributed by atoms with Crippen molar-refractivity contribution in [3.8, 4) is 0 Å². The van der Waals surface area contributed by atoms with Crippen molar-refractivity contribution >= 4 is 44.8 Å². The van der Waals surface area contributed by atoms with E-state index in [0.29, 0.717) is 11.4 Å². The van der Waals surface area contributed by atoms with Crippen molar-refractivity contribution in [3.05, 3.63) is 23.2 Å². The number of unbranched alkanes of at least 4 members (excludes halogenated alkanes) is 1. The van der Waals surface area contributed by atoms with Crippen LogP contribution in [-0.4, -0.2) is 25.3 Å². The van der Waals surface area contributed by atoms with Gasteiger partial charge in [-0.2, -0.15) is 0 Å². The number of anilines is 2. The minimum atomic E-state index is 0.0290. The van der Waals surface area contributed by atoms with Gasteiger partial charge in [-0.3, -0.25) is 4.79 Å². The Morgan fingerprint density at radius 2 is 2.11 bits per heavy atom. The summed E-state index contributed by atoms with van der Waals surface area (Å²) < 4.78 is 0. The second-order valence-corrected chi connectivity index (χ2v) is 5.42. The number of halogens is 2. The Morgan fingerprint density at radius 1 is 1.39 bits per heavy atom. The van der Waals surface area contributed by atoms with Crippen LogP contribution in [0.5, 0.6) is 0 Å². The summed E-state index contributed by atoms with van der Waals surface area (Å²) in [6, 6.07) is 5.52. The predicted molar refractivity (Wildman–Crippen MR) is 82.1 cm³/mol. The summed E-state index contributed by atoms with van der Waals surface area (Å²) in [4.78, 5) is 13.7. The maximum absolute atomic E-state index is 11.8. The molecule has 100 valence electrons. The van der Waals surface area contributed by atoms with Crippen molar-refractivity contribution in [1.29, 1.82) is 0 Å². The van der Waals surface area contributed by atoms with Crippen LogP contribution in [-0.2, 0) is 4.79 Å². The monoisotopic (exact) mass is 332 g/mol. The standard InChI is InChI=1S/C13H18BrClN2O/c1-17(2)13-10(15)6-5-7-11(13)16-12(18)8-3-4-9-14/h5-7H,3-4,8-9H2,1-2H3,(H,16,18). The van der Waals surface area contributed by atoms with Gasteiger partial charge in [0.2, 0.25) is 5.91 Å². The average molecular weight is 334 g/mol. The summed E-state index contributed by atoms with van der Waals surface area (Å²) >= 11 is 9.49. The highest BCUT2D eigenvalue weighted by atomic mass is 79.9. The lowest BCUT2D eigenvalue weighted by Gasteiger charge is -2.19. The van der Waals surface area contributed by atoms with Crippen molar-refractivity contribution in [2.75, 3.05) is 29.6 Å². The van der Waals surface area contributed by atoms with Crippen molar-refractivity contribution in [3.63, 3.8) is 0 Å². The smallest absolute Gasteiger partial charge is 0.224 e. The molecule has 0 heterocycles. The van der Waals surface area contributed by atoms with Crippen molar-refractivity contribution in [2.24, 2.45) is 0 Å². The van der Waals surface area contributed by atoms with E-state index in [-0.39, 0.29) is 5.91 Å². The molecule has 0 aromatic heterocycles. The first-order valence-electron chi connectivity index (χ1n) is 5.88. The highest BCUT2D eigenvalue weighted by molar-refractivity contribution is 9.09. The van der Waals surface area contributed by atoms with Crippen molar-refractivity contribution in [2.45, 2.75) is 19.3 Å². The largest absolute Gasteiger partial charge is 0.375 e. The van der Waals surface area contributed by atoms with E-state index in [0.717, 1.165) is 29.5 Å². The Morgan fingerprint density at radius 3 is 2.72 bits per heavy atom. The molecule has 0 unspecified atom stereocenters. The average Bonchev–Trinajstić information content (AvgIpc) is 2.28. The van der Waals surface area contributed by atoms with Gasteiger partial charge in [-0.15, -0.1) is 0 Å². The van der Waals surface area contributed by atoms with Crippen LogP contribution in [0.2, 0.25) is 5.02 Å². The second kappa shape index (κ2) is 7.64. The fraction of sp³-hybridized carbons (Fsp3) is 0.462. The van der Waals surface area contributed by atoms with Crippen LogP contribution in [0.1, 0.15) is 19.3 Å². The van der Waals surface area contributed by atoms with E-state index in [4.69, 9.17) is 11.6 Å². The van der Waals surface area contributed by atoms with E-state index < -0.39 is 0 Å². The molecule has 3 nitrogen and oxygen atoms in total. The number of benzene rings is 1. The summed E-state index contributed by atoms with van der Waals surface area (Å²) in [5.74, 6) is 0.0290. The zero-order valence-electron chi connectivity index (χ0n) is 10.7. The lowest BCUT2D eigenvalue weighted by atomic mass is 10.2. The molecule has 0 radical (unpaired) electrons. The van der Waals surface area contributed by atoms with Crippen molar-refractivity contribution in [1.82, 2.24) is 0 Å². The second-order valence-electron chi connectivity index (χ2n) is 4.22. The van der Waals surface area contributed by atoms with Gasteiger partial charge in [0.05, 0.1) is 16.4 Å². The normalized spacial score (nSPS) is 10.2. The molecule has 0 atom stereocenters. The first-order valence-corrected chi connectivity index (χ1v) is 7.38. The minimum Gasteiger partial charge on any atom is -0.375 e. The number of carbonyl (C=O) groups is 1. The van der Waals surface area contributed by atoms with E-state index in [2.05, 4.69) is 21.2 Å². The lowest BCUT2D eigenvalue weighted by molar-refractivity contribution is -0.116. The van der Waals surface area contributed by atoms with Gasteiger partial charge in [-0.05, 0) is 25.0 Å². The predicted octanol–water partition coefficient (Wildman–Crippen LogP) is 3.91. The van der Waals surface area contributed by atoms with Gasteiger partial charge in [0.25, 0.3) is 0 Å². The van der Waals surface area contributed by atoms with E-state index in [9.17, 15) is 4.79 Å². The maximum Gasteiger partial charge on any atom is 0.224 e. The summed E-state index contributed by atoms with van der Waals surface area (Å²) in [6.07, 6.45) is 2.42. The Hall–Kier alpha value is -0.740. The number of nitrogens with zero attached hydrogens (tertiary/aromatic N) is 1. The molecule has 1 rings (SSSR count). The molecule has 0 saturated carbocycles. The molecule has 1 amide bonds. The number of para-hydroxylation sites is 1. The summed E-state index contributed by atoms with van der Waals surface area (Å²) in [7, 11) is 3.81. The SMILES string of the molecule is CN(C)c1c(Cl)cccc1NC(=O)CCCCBr. The van der Waals surface area contributed by atoms with Crippen molar-refractivity contribution < 1.29 is 4.79 Å². The first kappa shape index (κ1) is 15.3. The van der Waals surface area contributed by atoms with Gasteiger partial charge in [0.15, 0.2) is 0 Å². The quantitative estimate of drug-likeness (QED) is 0.632. The van der Waals surface area contributed by atoms with Crippen LogP contribution in [0.25, 0.3) is 0 Å². The van der Waals surface area contributed by atoms with Crippen LogP contribution in [0.3, 0.4) is 0 Å². The number of amides is 1. The first-order chi connectivity index (χ1) is 8.56. The maximum atomic E-state index is 11.8. The molecule has 0 bridgehead atoms. The Bertz CT molecular complexity index is 410. The Balaban J connectivity index is 2.72. The third kappa shape index (κ3) is 4.50. The van der Waals surface area contributed by atoms with E-state index >= 15 is 0 Å². The fourth-order valence-electron chi connectivity index (χ4n) is 1.66. The Labute approximate surface area is 122 Å². The number of hydrogen-bond acceptors (Lipinski definition) is 2. The topological polar surface area (TPSA) is 32.3 Å². The van der Waals surface area contributed by atoms with Gasteiger partial charge in [-0.1, -0.05) is 33.6 Å². The highest BCUT2D eigenvalue weighted by Gasteiger charge is 2.11. The van der Waals surface area contributed by atoms with E-state index in [1.54, 1.807) is 0 Å². The fourth-order valence-corrected chi connectivity index (χ4v) is 2.40. The summed E-state index contributed by atoms with van der Waals surface area (Å²) in [6.45, 7) is 0. The summed E-state index contributed by atoms with van der Waals surface area (Å²) in [5, 5.41) is 4.48. The molecular weight excluding hydrogens is 316 g/mol. The van der Waals surface area contributed by atoms with Gasteiger partial charge in [0, 0.05) is 25.8 Å². The number of hydrogen-bond donors (Lipinski definition) is 1. The van der Waals surface area contributed by atoms with E-state index in [1.165, 1.54) is 0 Å². The van der Waals surface area contributed by atoms with Gasteiger partial charge >= 0.3 is 0 Å². The van der Waals surface area contributed by atoms with Gasteiger partial charge < -0.3 is 10.2 Å². The lowest BCUT2D eigenvalue weighted by Crippen LogP contribution is -2.16. The molecule has 0 spiro atoms. The molecule has 0 aliphatic rings. The molecular formula is C13H18BrClN2O. The molecule has 0 fully saturated rings. The van der Waals surface area contributed by atoms with Gasteiger partial charge in [-0.25, -0.2) is 0 Å². The zero-order chi connectivity index (χ0) is 13.5. The molecule has 18 heavy (non-hydrogen) atoms. The number of carbonyl (C=O) groups excluding carboxylic acids is 1. The van der Waals surface area contributed by atoms with Crippen LogP contribution in [0.4, 0.5) is 11.4 Å². The molecule has 1 N–H and O–H groups in total. The molecule has 0 aliphatic carbocycles. The molecule has 5 heteroatoms. The van der Waals surface area contributed by atoms with Crippen LogP contribution in [0, 0.1) is 0 Å². The third-order valence-electron chi connectivity index (χ3n) is 2.50. The Kier molecular flexibility index (Phi) is 6.50. The van der Waals surface area contributed by atoms with Crippen LogP contribution >= 0.6 is 27.5 Å². The number of rotatable bonds is 6.